The second kappa shape index (κ2) is 10.8. The van der Waals surface area contributed by atoms with Gasteiger partial charge < -0.3 is 20.0 Å². The number of hydroxylamine groups is 1. The Bertz CT molecular complexity index is 900. The summed E-state index contributed by atoms with van der Waals surface area (Å²) in [5.74, 6) is -2.67. The molecule has 2 aliphatic carbocycles. The number of carbonyl (C=O) groups excluding carboxylic acids is 2. The van der Waals surface area contributed by atoms with Crippen molar-refractivity contribution in [1.82, 2.24) is 15.3 Å². The Balaban J connectivity index is 1.53. The zero-order valence-electron chi connectivity index (χ0n) is 20.0. The smallest absolute Gasteiger partial charge is 0.408 e. The maximum Gasteiger partial charge on any atom is 0.408 e. The second-order valence-corrected chi connectivity index (χ2v) is 10.1. The number of piperazine rings is 1. The van der Waals surface area contributed by atoms with Gasteiger partial charge in [0.15, 0.2) is 0 Å². The van der Waals surface area contributed by atoms with Crippen LogP contribution in [0.15, 0.2) is 30.3 Å². The lowest BCUT2D eigenvalue weighted by Gasteiger charge is -2.45. The van der Waals surface area contributed by atoms with Gasteiger partial charge in [-0.25, -0.2) is 10.3 Å². The summed E-state index contributed by atoms with van der Waals surface area (Å²) in [5, 5.41) is 30.0. The van der Waals surface area contributed by atoms with Crippen molar-refractivity contribution < 1.29 is 29.8 Å². The van der Waals surface area contributed by atoms with Crippen LogP contribution < -0.4 is 10.4 Å². The normalized spacial score (nSPS) is 27.5. The van der Waals surface area contributed by atoms with E-state index in [0.717, 1.165) is 24.9 Å². The summed E-state index contributed by atoms with van der Waals surface area (Å²) in [6.07, 6.45) is 3.17. The lowest BCUT2D eigenvalue weighted by Crippen LogP contribution is -2.58. The van der Waals surface area contributed by atoms with Crippen molar-refractivity contribution in [1.29, 1.82) is 0 Å². The number of hydrogen-bond donors (Lipinski definition) is 4. The maximum absolute atomic E-state index is 13.6. The molecular weight excluding hydrogens is 452 g/mol. The molecule has 3 aliphatic rings. The molecule has 0 aromatic heterocycles. The average Bonchev–Trinajstić information content (AvgIpc) is 3.29. The number of carboxylic acid groups (broad SMARTS) is 1. The molecule has 1 saturated heterocycles. The molecule has 10 heteroatoms. The molecular formula is C25H36N4O6. The molecule has 0 bridgehead atoms. The van der Waals surface area contributed by atoms with Gasteiger partial charge in [-0.1, -0.05) is 37.5 Å². The molecule has 3 amide bonds. The number of carbonyl (C=O) groups is 3. The summed E-state index contributed by atoms with van der Waals surface area (Å²) in [4.78, 5) is 43.9. The Morgan fingerprint density at radius 1 is 0.971 bits per heavy atom. The van der Waals surface area contributed by atoms with Crippen LogP contribution in [0.2, 0.25) is 0 Å². The molecule has 1 aromatic rings. The van der Waals surface area contributed by atoms with E-state index in [1.807, 2.05) is 30.3 Å². The van der Waals surface area contributed by atoms with Crippen LogP contribution in [0.5, 0.6) is 0 Å². The van der Waals surface area contributed by atoms with Crippen molar-refractivity contribution in [2.75, 3.05) is 37.7 Å². The number of nitrogens with zero attached hydrogens (tertiary/aromatic N) is 3. The highest BCUT2D eigenvalue weighted by Crippen LogP contribution is 2.46. The topological polar surface area (TPSA) is 134 Å². The summed E-state index contributed by atoms with van der Waals surface area (Å²) in [6.45, 7) is 1.78. The van der Waals surface area contributed by atoms with Gasteiger partial charge in [0.25, 0.3) is 0 Å². The molecule has 0 unspecified atom stereocenters. The second-order valence-electron chi connectivity index (χ2n) is 10.1. The van der Waals surface area contributed by atoms with Gasteiger partial charge >= 0.3 is 6.09 Å². The number of amides is 3. The number of para-hydroxylation sites is 1. The van der Waals surface area contributed by atoms with E-state index in [1.54, 1.807) is 10.4 Å². The maximum atomic E-state index is 13.6. The van der Waals surface area contributed by atoms with Crippen molar-refractivity contribution in [3.05, 3.63) is 30.3 Å². The van der Waals surface area contributed by atoms with E-state index in [0.29, 0.717) is 39.0 Å². The van der Waals surface area contributed by atoms with Gasteiger partial charge in [-0.05, 0) is 37.8 Å². The van der Waals surface area contributed by atoms with Gasteiger partial charge in [-0.2, -0.15) is 0 Å². The van der Waals surface area contributed by atoms with Crippen molar-refractivity contribution in [2.45, 2.75) is 56.5 Å². The van der Waals surface area contributed by atoms with E-state index >= 15 is 0 Å². The molecule has 35 heavy (non-hydrogen) atoms. The molecule has 3 fully saturated rings. The molecule has 1 aliphatic heterocycles. The number of rotatable bonds is 6. The molecule has 10 nitrogen and oxygen atoms in total. The quantitative estimate of drug-likeness (QED) is 0.355. The van der Waals surface area contributed by atoms with Gasteiger partial charge in [-0.3, -0.25) is 19.7 Å². The molecule has 1 aromatic carbocycles. The fourth-order valence-corrected chi connectivity index (χ4v) is 6.35. The van der Waals surface area contributed by atoms with Crippen LogP contribution in [0.4, 0.5) is 10.5 Å². The van der Waals surface area contributed by atoms with Crippen LogP contribution in [0.3, 0.4) is 0 Å². The Labute approximate surface area is 205 Å². The highest BCUT2D eigenvalue weighted by Gasteiger charge is 2.56. The van der Waals surface area contributed by atoms with E-state index in [2.05, 4.69) is 4.90 Å². The zero-order valence-corrected chi connectivity index (χ0v) is 20.0. The Morgan fingerprint density at radius 3 is 2.17 bits per heavy atom. The molecule has 1 heterocycles. The van der Waals surface area contributed by atoms with E-state index in [4.69, 9.17) is 0 Å². The SMILES string of the molecule is O=C(NO)[C@H]1C[C@](CO)(N(C(=O)O)C2CCCCC2)C[C@@H]1C(=O)N1CCN(c2ccccc2)CC1. The Kier molecular flexibility index (Phi) is 7.81. The Hall–Kier alpha value is -2.85. The van der Waals surface area contributed by atoms with Crippen molar-refractivity contribution in [2.24, 2.45) is 11.8 Å². The minimum atomic E-state index is -1.24. The minimum Gasteiger partial charge on any atom is -0.465 e. The lowest BCUT2D eigenvalue weighted by atomic mass is 9.87. The number of aliphatic hydroxyl groups is 1. The van der Waals surface area contributed by atoms with Crippen molar-refractivity contribution in [3.63, 3.8) is 0 Å². The number of hydrogen-bond acceptors (Lipinski definition) is 6. The molecule has 4 rings (SSSR count). The molecule has 0 spiro atoms. The molecule has 4 N–H and O–H groups in total. The van der Waals surface area contributed by atoms with Crippen LogP contribution in [-0.2, 0) is 9.59 Å². The predicted octanol–water partition coefficient (Wildman–Crippen LogP) is 1.91. The van der Waals surface area contributed by atoms with Crippen LogP contribution in [0, 0.1) is 11.8 Å². The predicted molar refractivity (Wildman–Crippen MR) is 128 cm³/mol. The number of anilines is 1. The van der Waals surface area contributed by atoms with Crippen LogP contribution in [0.1, 0.15) is 44.9 Å². The van der Waals surface area contributed by atoms with Gasteiger partial charge in [-0.15, -0.1) is 0 Å². The highest BCUT2D eigenvalue weighted by atomic mass is 16.5. The van der Waals surface area contributed by atoms with Gasteiger partial charge in [0, 0.05) is 37.9 Å². The highest BCUT2D eigenvalue weighted by molar-refractivity contribution is 5.88. The number of aliphatic hydroxyl groups excluding tert-OH is 1. The van der Waals surface area contributed by atoms with Crippen molar-refractivity contribution in [3.8, 4) is 0 Å². The number of nitrogens with one attached hydrogen (secondary N) is 1. The van der Waals surface area contributed by atoms with Gasteiger partial charge in [0.2, 0.25) is 11.8 Å². The summed E-state index contributed by atoms with van der Waals surface area (Å²) in [7, 11) is 0. The third-order valence-electron chi connectivity index (χ3n) is 8.11. The third kappa shape index (κ3) is 5.08. The first kappa shape index (κ1) is 25.2. The summed E-state index contributed by atoms with van der Waals surface area (Å²) >= 11 is 0. The van der Waals surface area contributed by atoms with E-state index in [-0.39, 0.29) is 24.8 Å². The molecule has 2 saturated carbocycles. The first-order valence-electron chi connectivity index (χ1n) is 12.6. The zero-order chi connectivity index (χ0) is 25.0. The third-order valence-corrected chi connectivity index (χ3v) is 8.11. The Morgan fingerprint density at radius 2 is 1.60 bits per heavy atom. The minimum absolute atomic E-state index is 0.000912. The molecule has 0 radical (unpaired) electrons. The summed E-state index contributed by atoms with van der Waals surface area (Å²) in [6, 6.07) is 9.69. The fourth-order valence-electron chi connectivity index (χ4n) is 6.35. The fraction of sp³-hybridized carbons (Fsp3) is 0.640. The van der Waals surface area contributed by atoms with Crippen LogP contribution in [-0.4, -0.2) is 87.5 Å². The first-order chi connectivity index (χ1) is 16.9. The van der Waals surface area contributed by atoms with E-state index < -0.39 is 36.0 Å². The summed E-state index contributed by atoms with van der Waals surface area (Å²) in [5.41, 5.74) is 1.51. The molecule has 3 atom stereocenters. The standard InChI is InChI=1S/C25H36N4O6/c30-17-25(29(24(33)34)19-9-5-2-6-10-19)15-20(22(31)26-35)21(16-25)23(32)28-13-11-27(12-14-28)18-7-3-1-4-8-18/h1,3-4,7-8,19-21,30,35H,2,5-6,9-17H2,(H,26,31)(H,33,34)/t20-,21-,25-/m0/s1. The van der Waals surface area contributed by atoms with Crippen molar-refractivity contribution >= 4 is 23.6 Å². The van der Waals surface area contributed by atoms with E-state index in [1.165, 1.54) is 4.90 Å². The average molecular weight is 489 g/mol. The van der Waals surface area contributed by atoms with Crippen LogP contribution in [0.25, 0.3) is 0 Å². The largest absolute Gasteiger partial charge is 0.465 e. The first-order valence-corrected chi connectivity index (χ1v) is 12.6. The molecule has 192 valence electrons. The van der Waals surface area contributed by atoms with E-state index in [9.17, 15) is 29.8 Å². The van der Waals surface area contributed by atoms with Gasteiger partial charge in [0.05, 0.1) is 24.0 Å². The van der Waals surface area contributed by atoms with Crippen LogP contribution >= 0.6 is 0 Å². The lowest BCUT2D eigenvalue weighted by molar-refractivity contribution is -0.144. The number of benzene rings is 1. The monoisotopic (exact) mass is 488 g/mol. The summed E-state index contributed by atoms with van der Waals surface area (Å²) < 4.78 is 0. The van der Waals surface area contributed by atoms with Gasteiger partial charge in [0.1, 0.15) is 0 Å².